The predicted octanol–water partition coefficient (Wildman–Crippen LogP) is 1.95. The number of carbonyl (C=O) groups is 1. The lowest BCUT2D eigenvalue weighted by molar-refractivity contribution is -0.0240. The third kappa shape index (κ3) is 4.52. The standard InChI is InChI=1S/C21H19NO5S/c23-19(17-7-3-1-4-8-17)12-11-16-13-14-21(25,20(24)15-16)22-28(26,27)18-9-5-2-6-10-18/h1-15,20,22,24-25H. The fourth-order valence-electron chi connectivity index (χ4n) is 2.64. The Morgan fingerprint density at radius 1 is 1.04 bits per heavy atom. The number of rotatable bonds is 6. The van der Waals surface area contributed by atoms with Crippen LogP contribution in [0.1, 0.15) is 10.4 Å². The van der Waals surface area contributed by atoms with Crippen LogP contribution in [0.25, 0.3) is 0 Å². The molecular formula is C21H19NO5S. The molecule has 0 heterocycles. The highest BCUT2D eigenvalue weighted by Crippen LogP contribution is 2.23. The van der Waals surface area contributed by atoms with Crippen molar-refractivity contribution in [3.63, 3.8) is 0 Å². The van der Waals surface area contributed by atoms with Crippen LogP contribution < -0.4 is 4.72 Å². The topological polar surface area (TPSA) is 104 Å². The Balaban J connectivity index is 1.73. The maximum atomic E-state index is 12.4. The first kappa shape index (κ1) is 19.9. The van der Waals surface area contributed by atoms with Gasteiger partial charge >= 0.3 is 0 Å². The van der Waals surface area contributed by atoms with Crippen molar-refractivity contribution in [3.05, 3.63) is 102 Å². The summed E-state index contributed by atoms with van der Waals surface area (Å²) in [6.45, 7) is 0. The van der Waals surface area contributed by atoms with E-state index in [0.717, 1.165) is 6.08 Å². The number of carbonyl (C=O) groups excluding carboxylic acids is 1. The van der Waals surface area contributed by atoms with Gasteiger partial charge < -0.3 is 10.2 Å². The van der Waals surface area contributed by atoms with Crippen LogP contribution >= 0.6 is 0 Å². The molecule has 2 aromatic carbocycles. The molecule has 0 saturated heterocycles. The normalized spacial score (nSPS) is 22.2. The van der Waals surface area contributed by atoms with E-state index in [9.17, 15) is 23.4 Å². The monoisotopic (exact) mass is 397 g/mol. The van der Waals surface area contributed by atoms with Gasteiger partial charge in [-0.05, 0) is 35.9 Å². The maximum Gasteiger partial charge on any atom is 0.243 e. The van der Waals surface area contributed by atoms with Crippen LogP contribution in [0.2, 0.25) is 0 Å². The second kappa shape index (κ2) is 8.04. The van der Waals surface area contributed by atoms with Crippen molar-refractivity contribution in [2.24, 2.45) is 0 Å². The van der Waals surface area contributed by atoms with Gasteiger partial charge in [0.05, 0.1) is 4.90 Å². The zero-order valence-corrected chi connectivity index (χ0v) is 15.6. The highest BCUT2D eigenvalue weighted by atomic mass is 32.2. The second-order valence-corrected chi connectivity index (χ2v) is 7.93. The molecule has 2 atom stereocenters. The van der Waals surface area contributed by atoms with E-state index in [0.29, 0.717) is 11.1 Å². The molecule has 0 bridgehead atoms. The molecule has 0 aliphatic heterocycles. The minimum atomic E-state index is -4.04. The SMILES string of the molecule is O=C(C=CC1=CC(O)C(O)(NS(=O)(=O)c2ccccc2)C=C1)c1ccccc1. The Labute approximate surface area is 163 Å². The summed E-state index contributed by atoms with van der Waals surface area (Å²) in [4.78, 5) is 12.1. The number of ketones is 1. The molecule has 0 fully saturated rings. The Morgan fingerprint density at radius 3 is 2.25 bits per heavy atom. The molecule has 1 aliphatic carbocycles. The number of allylic oxidation sites excluding steroid dienone is 4. The van der Waals surface area contributed by atoms with Gasteiger partial charge in [-0.2, -0.15) is 4.72 Å². The summed E-state index contributed by atoms with van der Waals surface area (Å²) in [5.74, 6) is -0.213. The summed E-state index contributed by atoms with van der Waals surface area (Å²) < 4.78 is 26.9. The van der Waals surface area contributed by atoms with E-state index >= 15 is 0 Å². The highest BCUT2D eigenvalue weighted by Gasteiger charge is 2.38. The number of aliphatic hydroxyl groups is 2. The van der Waals surface area contributed by atoms with E-state index < -0.39 is 21.9 Å². The molecule has 2 unspecified atom stereocenters. The van der Waals surface area contributed by atoms with Crippen LogP contribution in [-0.4, -0.2) is 36.2 Å². The zero-order valence-electron chi connectivity index (χ0n) is 14.8. The average molecular weight is 397 g/mol. The zero-order chi connectivity index (χ0) is 20.2. The van der Waals surface area contributed by atoms with Gasteiger partial charge in [0.1, 0.15) is 6.10 Å². The first-order valence-corrected chi connectivity index (χ1v) is 9.96. The first-order chi connectivity index (χ1) is 13.3. The lowest BCUT2D eigenvalue weighted by Gasteiger charge is -2.31. The molecule has 1 aliphatic rings. The predicted molar refractivity (Wildman–Crippen MR) is 105 cm³/mol. The summed E-state index contributed by atoms with van der Waals surface area (Å²) in [6.07, 6.45) is 5.13. The van der Waals surface area contributed by atoms with Crippen molar-refractivity contribution in [1.29, 1.82) is 0 Å². The lowest BCUT2D eigenvalue weighted by Crippen LogP contribution is -2.55. The Hall–Kier alpha value is -2.84. The van der Waals surface area contributed by atoms with Crippen molar-refractivity contribution in [3.8, 4) is 0 Å². The van der Waals surface area contributed by atoms with Crippen LogP contribution in [0.3, 0.4) is 0 Å². The summed E-state index contributed by atoms with van der Waals surface area (Å²) in [5, 5.41) is 20.8. The molecule has 0 aromatic heterocycles. The van der Waals surface area contributed by atoms with Gasteiger partial charge in [0.2, 0.25) is 10.0 Å². The van der Waals surface area contributed by atoms with Gasteiger partial charge in [0, 0.05) is 5.56 Å². The van der Waals surface area contributed by atoms with E-state index in [4.69, 9.17) is 0 Å². The first-order valence-electron chi connectivity index (χ1n) is 8.48. The van der Waals surface area contributed by atoms with Crippen molar-refractivity contribution in [2.45, 2.75) is 16.7 Å². The van der Waals surface area contributed by atoms with Crippen LogP contribution in [0, 0.1) is 0 Å². The summed E-state index contributed by atoms with van der Waals surface area (Å²) in [6, 6.07) is 16.2. The van der Waals surface area contributed by atoms with Gasteiger partial charge in [-0.25, -0.2) is 8.42 Å². The quantitative estimate of drug-likeness (QED) is 0.393. The van der Waals surface area contributed by atoms with Crippen LogP contribution in [0.4, 0.5) is 0 Å². The van der Waals surface area contributed by atoms with E-state index in [1.165, 1.54) is 36.4 Å². The Bertz CT molecular complexity index is 1040. The van der Waals surface area contributed by atoms with Gasteiger partial charge in [0.25, 0.3) is 0 Å². The van der Waals surface area contributed by atoms with Gasteiger partial charge in [-0.3, -0.25) is 4.79 Å². The molecule has 0 spiro atoms. The average Bonchev–Trinajstić information content (AvgIpc) is 2.70. The number of hydrogen-bond donors (Lipinski definition) is 3. The molecule has 7 heteroatoms. The van der Waals surface area contributed by atoms with Crippen LogP contribution in [0.5, 0.6) is 0 Å². The van der Waals surface area contributed by atoms with Crippen molar-refractivity contribution in [1.82, 2.24) is 4.72 Å². The molecule has 0 amide bonds. The molecule has 144 valence electrons. The summed E-state index contributed by atoms with van der Waals surface area (Å²) in [5.41, 5.74) is -1.22. The lowest BCUT2D eigenvalue weighted by atomic mass is 9.97. The highest BCUT2D eigenvalue weighted by molar-refractivity contribution is 7.89. The number of sulfonamides is 1. The van der Waals surface area contributed by atoms with Crippen LogP contribution in [0.15, 0.2) is 102 Å². The van der Waals surface area contributed by atoms with Crippen molar-refractivity contribution >= 4 is 15.8 Å². The molecule has 3 rings (SSSR count). The maximum absolute atomic E-state index is 12.4. The summed E-state index contributed by atoms with van der Waals surface area (Å²) >= 11 is 0. The Kier molecular flexibility index (Phi) is 5.71. The molecule has 0 saturated carbocycles. The van der Waals surface area contributed by atoms with Crippen molar-refractivity contribution < 1.29 is 23.4 Å². The molecular weight excluding hydrogens is 378 g/mol. The Morgan fingerprint density at radius 2 is 1.64 bits per heavy atom. The minimum Gasteiger partial charge on any atom is -0.384 e. The fraction of sp³-hybridized carbons (Fsp3) is 0.0952. The minimum absolute atomic E-state index is 0.0350. The molecule has 3 N–H and O–H groups in total. The number of hydrogen-bond acceptors (Lipinski definition) is 5. The molecule has 6 nitrogen and oxygen atoms in total. The van der Waals surface area contributed by atoms with Crippen molar-refractivity contribution in [2.75, 3.05) is 0 Å². The molecule has 2 aromatic rings. The van der Waals surface area contributed by atoms with Crippen LogP contribution in [-0.2, 0) is 10.0 Å². The van der Waals surface area contributed by atoms with E-state index in [2.05, 4.69) is 4.72 Å². The van der Waals surface area contributed by atoms with E-state index in [-0.39, 0.29) is 10.7 Å². The van der Waals surface area contributed by atoms with E-state index in [1.807, 2.05) is 0 Å². The molecule has 0 radical (unpaired) electrons. The summed E-state index contributed by atoms with van der Waals surface area (Å²) in [7, 11) is -4.04. The second-order valence-electron chi connectivity index (χ2n) is 6.25. The largest absolute Gasteiger partial charge is 0.384 e. The number of aliphatic hydroxyl groups excluding tert-OH is 1. The third-order valence-corrected chi connectivity index (χ3v) is 5.66. The van der Waals surface area contributed by atoms with Gasteiger partial charge in [-0.15, -0.1) is 0 Å². The van der Waals surface area contributed by atoms with E-state index in [1.54, 1.807) is 48.5 Å². The number of nitrogens with one attached hydrogen (secondary N) is 1. The van der Waals surface area contributed by atoms with Gasteiger partial charge in [0.15, 0.2) is 11.5 Å². The fourth-order valence-corrected chi connectivity index (χ4v) is 3.89. The van der Waals surface area contributed by atoms with Gasteiger partial charge in [-0.1, -0.05) is 60.7 Å². The third-order valence-electron chi connectivity index (χ3n) is 4.17. The smallest absolute Gasteiger partial charge is 0.243 e. The number of benzene rings is 2. The molecule has 28 heavy (non-hydrogen) atoms.